The molecule has 1 heterocycles. The molecule has 112 valence electrons. The second-order valence-electron chi connectivity index (χ2n) is 6.00. The number of benzene rings is 1. The van der Waals surface area contributed by atoms with Crippen LogP contribution >= 0.6 is 0 Å². The zero-order valence-corrected chi connectivity index (χ0v) is 12.0. The maximum Gasteiger partial charge on any atom is 0.249 e. The number of carbonyl (C=O) groups excluding carboxylic acids is 2. The maximum absolute atomic E-state index is 12.4. The normalized spacial score (nSPS) is 24.3. The smallest absolute Gasteiger partial charge is 0.249 e. The zero-order valence-electron chi connectivity index (χ0n) is 12.0. The number of nitrogens with zero attached hydrogens (tertiary/aromatic N) is 1. The molecule has 3 rings (SSSR count). The van der Waals surface area contributed by atoms with E-state index < -0.39 is 11.6 Å². The first-order valence-corrected chi connectivity index (χ1v) is 7.56. The van der Waals surface area contributed by atoms with Crippen LogP contribution in [0.4, 0.5) is 5.69 Å². The van der Waals surface area contributed by atoms with Gasteiger partial charge in [0, 0.05) is 12.2 Å². The second-order valence-corrected chi connectivity index (χ2v) is 6.00. The second kappa shape index (κ2) is 5.48. The van der Waals surface area contributed by atoms with Crippen molar-refractivity contribution in [1.29, 1.82) is 0 Å². The molecule has 1 atom stereocenters. The van der Waals surface area contributed by atoms with Gasteiger partial charge in [-0.3, -0.25) is 9.59 Å². The van der Waals surface area contributed by atoms with Crippen molar-refractivity contribution in [3.8, 4) is 0 Å². The van der Waals surface area contributed by atoms with E-state index in [1.165, 1.54) is 0 Å². The Labute approximate surface area is 124 Å². The molecule has 0 radical (unpaired) electrons. The third kappa shape index (κ3) is 2.65. The van der Waals surface area contributed by atoms with Gasteiger partial charge < -0.3 is 16.0 Å². The first-order valence-electron chi connectivity index (χ1n) is 7.56. The highest BCUT2D eigenvalue weighted by molar-refractivity contribution is 6.02. The molecule has 1 saturated heterocycles. The Hall–Kier alpha value is -1.88. The highest BCUT2D eigenvalue weighted by atomic mass is 16.2. The lowest BCUT2D eigenvalue weighted by atomic mass is 9.97. The molecule has 1 unspecified atom stereocenters. The molecule has 0 aromatic heterocycles. The molecule has 1 aromatic rings. The quantitative estimate of drug-likeness (QED) is 0.876. The number of rotatable bonds is 3. The fourth-order valence-electron chi connectivity index (χ4n) is 3.21. The van der Waals surface area contributed by atoms with Crippen LogP contribution in [-0.4, -0.2) is 29.9 Å². The van der Waals surface area contributed by atoms with E-state index in [1.54, 1.807) is 4.90 Å². The van der Waals surface area contributed by atoms with E-state index in [-0.39, 0.29) is 11.8 Å². The zero-order chi connectivity index (χ0) is 14.9. The van der Waals surface area contributed by atoms with Crippen LogP contribution in [0.5, 0.6) is 0 Å². The summed E-state index contributed by atoms with van der Waals surface area (Å²) in [5, 5.41) is 2.86. The Bertz CT molecular complexity index is 538. The van der Waals surface area contributed by atoms with Crippen LogP contribution in [-0.2, 0) is 9.59 Å². The van der Waals surface area contributed by atoms with Crippen molar-refractivity contribution >= 4 is 17.5 Å². The van der Waals surface area contributed by atoms with Gasteiger partial charge in [-0.2, -0.15) is 0 Å². The number of nitrogens with two attached hydrogens (primary N) is 1. The first kappa shape index (κ1) is 14.1. The molecule has 21 heavy (non-hydrogen) atoms. The number of carbonyl (C=O) groups is 2. The van der Waals surface area contributed by atoms with Crippen molar-refractivity contribution in [2.45, 2.75) is 43.7 Å². The third-order valence-corrected chi connectivity index (χ3v) is 4.53. The lowest BCUT2D eigenvalue weighted by Gasteiger charge is -2.24. The molecule has 1 aliphatic heterocycles. The van der Waals surface area contributed by atoms with Crippen LogP contribution in [0.1, 0.15) is 32.1 Å². The van der Waals surface area contributed by atoms with Crippen molar-refractivity contribution < 1.29 is 9.59 Å². The van der Waals surface area contributed by atoms with Gasteiger partial charge in [-0.05, 0) is 31.4 Å². The largest absolute Gasteiger partial charge is 0.343 e. The van der Waals surface area contributed by atoms with Gasteiger partial charge >= 0.3 is 0 Å². The summed E-state index contributed by atoms with van der Waals surface area (Å²) in [7, 11) is 0. The van der Waals surface area contributed by atoms with E-state index >= 15 is 0 Å². The molecule has 1 aliphatic carbocycles. The summed E-state index contributed by atoms with van der Waals surface area (Å²) in [6.45, 7) is 0.630. The minimum absolute atomic E-state index is 0.0452. The molecule has 3 N–H and O–H groups in total. The van der Waals surface area contributed by atoms with Gasteiger partial charge in [-0.25, -0.2) is 0 Å². The predicted octanol–water partition coefficient (Wildman–Crippen LogP) is 1.18. The summed E-state index contributed by atoms with van der Waals surface area (Å²) >= 11 is 0. The van der Waals surface area contributed by atoms with Gasteiger partial charge in [0.05, 0.1) is 5.54 Å². The van der Waals surface area contributed by atoms with Gasteiger partial charge in [0.15, 0.2) is 0 Å². The van der Waals surface area contributed by atoms with Crippen molar-refractivity contribution in [1.82, 2.24) is 5.32 Å². The average Bonchev–Trinajstić information content (AvgIpc) is 3.08. The lowest BCUT2D eigenvalue weighted by Crippen LogP contribution is -2.55. The van der Waals surface area contributed by atoms with Crippen molar-refractivity contribution in [2.24, 2.45) is 5.73 Å². The first-order chi connectivity index (χ1) is 10.1. The standard InChI is InChI=1S/C16H21N3O2/c17-16(9-4-5-10-16)15(21)18-13-8-11-19(14(13)20)12-6-2-1-3-7-12/h1-3,6-7,13H,4-5,8-11,17H2,(H,18,21). The molecular formula is C16H21N3O2. The number of para-hydroxylation sites is 1. The van der Waals surface area contributed by atoms with Crippen molar-refractivity contribution in [2.75, 3.05) is 11.4 Å². The highest BCUT2D eigenvalue weighted by Gasteiger charge is 2.41. The Morgan fingerprint density at radius 3 is 2.57 bits per heavy atom. The van der Waals surface area contributed by atoms with Gasteiger partial charge in [0.1, 0.15) is 6.04 Å². The molecule has 1 saturated carbocycles. The Balaban J connectivity index is 1.66. The van der Waals surface area contributed by atoms with E-state index in [1.807, 2.05) is 30.3 Å². The molecular weight excluding hydrogens is 266 g/mol. The van der Waals surface area contributed by atoms with E-state index in [0.717, 1.165) is 18.5 Å². The molecule has 0 bridgehead atoms. The molecule has 1 aromatic carbocycles. The Morgan fingerprint density at radius 2 is 1.90 bits per heavy atom. The molecule has 2 fully saturated rings. The summed E-state index contributed by atoms with van der Waals surface area (Å²) in [6.07, 6.45) is 4.02. The number of anilines is 1. The minimum atomic E-state index is -0.777. The SMILES string of the molecule is NC1(C(=O)NC2CCN(c3ccccc3)C2=O)CCCC1. The van der Waals surface area contributed by atoms with Crippen LogP contribution in [0.2, 0.25) is 0 Å². The number of amides is 2. The summed E-state index contributed by atoms with van der Waals surface area (Å²) in [5.74, 6) is -0.218. The van der Waals surface area contributed by atoms with Gasteiger partial charge in [0.25, 0.3) is 0 Å². The molecule has 5 nitrogen and oxygen atoms in total. The maximum atomic E-state index is 12.4. The summed E-state index contributed by atoms with van der Waals surface area (Å²) in [5.41, 5.74) is 6.24. The van der Waals surface area contributed by atoms with Crippen LogP contribution in [0.3, 0.4) is 0 Å². The monoisotopic (exact) mass is 287 g/mol. The molecule has 5 heteroatoms. The van der Waals surface area contributed by atoms with E-state index in [2.05, 4.69) is 5.32 Å². The van der Waals surface area contributed by atoms with Gasteiger partial charge in [-0.15, -0.1) is 0 Å². The predicted molar refractivity (Wildman–Crippen MR) is 80.7 cm³/mol. The van der Waals surface area contributed by atoms with Crippen LogP contribution in [0.25, 0.3) is 0 Å². The summed E-state index contributed by atoms with van der Waals surface area (Å²) < 4.78 is 0. The van der Waals surface area contributed by atoms with Crippen LogP contribution in [0, 0.1) is 0 Å². The third-order valence-electron chi connectivity index (χ3n) is 4.53. The average molecular weight is 287 g/mol. The van der Waals surface area contributed by atoms with E-state index in [0.29, 0.717) is 25.8 Å². The van der Waals surface area contributed by atoms with Crippen LogP contribution in [0.15, 0.2) is 30.3 Å². The highest BCUT2D eigenvalue weighted by Crippen LogP contribution is 2.28. The number of hydrogen-bond acceptors (Lipinski definition) is 3. The lowest BCUT2D eigenvalue weighted by molar-refractivity contribution is -0.130. The van der Waals surface area contributed by atoms with Crippen molar-refractivity contribution in [3.63, 3.8) is 0 Å². The fourth-order valence-corrected chi connectivity index (χ4v) is 3.21. The van der Waals surface area contributed by atoms with E-state index in [9.17, 15) is 9.59 Å². The number of nitrogens with one attached hydrogen (secondary N) is 1. The number of hydrogen-bond donors (Lipinski definition) is 2. The van der Waals surface area contributed by atoms with Gasteiger partial charge in [0.2, 0.25) is 11.8 Å². The molecule has 0 spiro atoms. The Morgan fingerprint density at radius 1 is 1.24 bits per heavy atom. The van der Waals surface area contributed by atoms with Crippen LogP contribution < -0.4 is 16.0 Å². The summed E-state index contributed by atoms with van der Waals surface area (Å²) in [4.78, 5) is 26.5. The molecule has 2 amide bonds. The molecule has 2 aliphatic rings. The summed E-state index contributed by atoms with van der Waals surface area (Å²) in [6, 6.07) is 9.09. The fraction of sp³-hybridized carbons (Fsp3) is 0.500. The van der Waals surface area contributed by atoms with Crippen molar-refractivity contribution in [3.05, 3.63) is 30.3 Å². The minimum Gasteiger partial charge on any atom is -0.343 e. The van der Waals surface area contributed by atoms with E-state index in [4.69, 9.17) is 5.73 Å². The van der Waals surface area contributed by atoms with Gasteiger partial charge in [-0.1, -0.05) is 31.0 Å². The Kier molecular flexibility index (Phi) is 3.68. The topological polar surface area (TPSA) is 75.4 Å².